The minimum Gasteiger partial charge on any atom is -0.478 e. The summed E-state index contributed by atoms with van der Waals surface area (Å²) in [5.41, 5.74) is 1.56. The zero-order chi connectivity index (χ0) is 21.3. The lowest BCUT2D eigenvalue weighted by Crippen LogP contribution is -2.18. The van der Waals surface area contributed by atoms with Crippen molar-refractivity contribution >= 4 is 38.1 Å². The summed E-state index contributed by atoms with van der Waals surface area (Å²) in [4.78, 5) is 13.7. The van der Waals surface area contributed by atoms with E-state index >= 15 is 0 Å². The number of carboxylic acids is 1. The van der Waals surface area contributed by atoms with Gasteiger partial charge in [0, 0.05) is 30.6 Å². The summed E-state index contributed by atoms with van der Waals surface area (Å²) in [7, 11) is -0.236. The fourth-order valence-corrected chi connectivity index (χ4v) is 4.75. The number of nitrogens with one attached hydrogen (secondary N) is 1. The van der Waals surface area contributed by atoms with E-state index in [1.807, 2.05) is 45.0 Å². The Morgan fingerprint density at radius 3 is 2.21 bits per heavy atom. The maximum atomic E-state index is 13.3. The molecule has 0 saturated carbocycles. The van der Waals surface area contributed by atoms with Crippen molar-refractivity contribution in [2.75, 3.05) is 23.7 Å². The van der Waals surface area contributed by atoms with Gasteiger partial charge in [-0.3, -0.25) is 4.72 Å². The molecule has 29 heavy (non-hydrogen) atoms. The Morgan fingerprint density at radius 2 is 1.59 bits per heavy atom. The summed E-state index contributed by atoms with van der Waals surface area (Å²) in [6.07, 6.45) is 0. The van der Waals surface area contributed by atoms with E-state index in [1.54, 1.807) is 30.3 Å². The molecule has 3 rings (SSSR count). The normalized spacial score (nSPS) is 11.6. The van der Waals surface area contributed by atoms with E-state index in [0.29, 0.717) is 10.9 Å². The van der Waals surface area contributed by atoms with Crippen molar-refractivity contribution < 1.29 is 18.3 Å². The molecule has 0 spiro atoms. The highest BCUT2D eigenvalue weighted by Gasteiger charge is 2.24. The van der Waals surface area contributed by atoms with Crippen molar-refractivity contribution in [2.45, 2.75) is 24.7 Å². The Labute approximate surface area is 170 Å². The molecule has 0 atom stereocenters. The zero-order valence-corrected chi connectivity index (χ0v) is 17.6. The van der Waals surface area contributed by atoms with Crippen LogP contribution in [-0.2, 0) is 10.0 Å². The van der Waals surface area contributed by atoms with Crippen molar-refractivity contribution in [3.63, 3.8) is 0 Å². The molecule has 0 aliphatic heterocycles. The lowest BCUT2D eigenvalue weighted by Gasteiger charge is -2.19. The van der Waals surface area contributed by atoms with E-state index in [9.17, 15) is 18.3 Å². The fraction of sp³-hybridized carbons (Fsp3) is 0.227. The van der Waals surface area contributed by atoms with Gasteiger partial charge in [0.1, 0.15) is 0 Å². The summed E-state index contributed by atoms with van der Waals surface area (Å²) in [6.45, 7) is 3.78. The fourth-order valence-electron chi connectivity index (χ4n) is 3.42. The number of rotatable bonds is 6. The molecule has 3 aromatic rings. The Bertz CT molecular complexity index is 1180. The Morgan fingerprint density at radius 1 is 0.966 bits per heavy atom. The van der Waals surface area contributed by atoms with Crippen LogP contribution in [0.4, 0.5) is 11.4 Å². The first kappa shape index (κ1) is 20.7. The van der Waals surface area contributed by atoms with Crippen LogP contribution in [0, 0.1) is 0 Å². The predicted octanol–water partition coefficient (Wildman–Crippen LogP) is 4.53. The molecule has 0 aliphatic rings. The van der Waals surface area contributed by atoms with Crippen LogP contribution < -0.4 is 9.62 Å². The van der Waals surface area contributed by atoms with Gasteiger partial charge in [-0.05, 0) is 29.7 Å². The van der Waals surface area contributed by atoms with Gasteiger partial charge in [0.25, 0.3) is 10.0 Å². The number of para-hydroxylation sites is 1. The Kier molecular flexibility index (Phi) is 5.53. The summed E-state index contributed by atoms with van der Waals surface area (Å²) in [6, 6.07) is 15.3. The third-order valence-corrected chi connectivity index (χ3v) is 6.22. The number of carboxylic acid groups (broad SMARTS) is 1. The number of hydrogen-bond donors (Lipinski definition) is 2. The van der Waals surface area contributed by atoms with E-state index in [-0.39, 0.29) is 22.1 Å². The summed E-state index contributed by atoms with van der Waals surface area (Å²) < 4.78 is 29.2. The molecule has 0 unspecified atom stereocenters. The van der Waals surface area contributed by atoms with Crippen molar-refractivity contribution in [2.24, 2.45) is 0 Å². The van der Waals surface area contributed by atoms with Crippen LogP contribution in [0.5, 0.6) is 0 Å². The summed E-state index contributed by atoms with van der Waals surface area (Å²) in [5.74, 6) is -1.24. The molecule has 0 saturated heterocycles. The third kappa shape index (κ3) is 3.91. The second-order valence-corrected chi connectivity index (χ2v) is 9.01. The molecular formula is C22H24N2O4S. The van der Waals surface area contributed by atoms with Gasteiger partial charge in [0.15, 0.2) is 0 Å². The number of aromatic carboxylic acids is 1. The molecule has 0 bridgehead atoms. The minimum absolute atomic E-state index is 0.0557. The van der Waals surface area contributed by atoms with Crippen molar-refractivity contribution in [3.8, 4) is 0 Å². The smallest absolute Gasteiger partial charge is 0.337 e. The van der Waals surface area contributed by atoms with Crippen LogP contribution in [0.15, 0.2) is 59.5 Å². The maximum Gasteiger partial charge on any atom is 0.337 e. The zero-order valence-electron chi connectivity index (χ0n) is 16.8. The van der Waals surface area contributed by atoms with Crippen LogP contribution in [0.1, 0.15) is 35.7 Å². The standard InChI is InChI=1S/C22H24N2O4S/c1-14(2)15-8-5-11-18(22(25)26)21(15)23-29(27,28)20-13-7-9-16-17(20)10-6-12-19(16)24(3)4/h5-14,23H,1-4H3,(H,25,26). The van der Waals surface area contributed by atoms with Crippen LogP contribution in [-0.4, -0.2) is 33.6 Å². The van der Waals surface area contributed by atoms with E-state index in [0.717, 1.165) is 11.1 Å². The first-order valence-corrected chi connectivity index (χ1v) is 10.7. The number of nitrogens with zero attached hydrogens (tertiary/aromatic N) is 1. The average Bonchev–Trinajstić information content (AvgIpc) is 2.66. The van der Waals surface area contributed by atoms with Gasteiger partial charge < -0.3 is 10.0 Å². The number of sulfonamides is 1. The van der Waals surface area contributed by atoms with Crippen LogP contribution in [0.25, 0.3) is 10.8 Å². The molecule has 0 aromatic heterocycles. The molecule has 0 radical (unpaired) electrons. The Balaban J connectivity index is 2.21. The molecule has 3 aromatic carbocycles. The van der Waals surface area contributed by atoms with Gasteiger partial charge in [-0.15, -0.1) is 0 Å². The van der Waals surface area contributed by atoms with Gasteiger partial charge in [-0.2, -0.15) is 0 Å². The van der Waals surface area contributed by atoms with Gasteiger partial charge in [0.2, 0.25) is 0 Å². The van der Waals surface area contributed by atoms with Gasteiger partial charge in [0.05, 0.1) is 16.1 Å². The van der Waals surface area contributed by atoms with Gasteiger partial charge >= 0.3 is 5.97 Å². The number of fused-ring (bicyclic) bond motifs is 1. The van der Waals surface area contributed by atoms with E-state index in [4.69, 9.17) is 0 Å². The van der Waals surface area contributed by atoms with Crippen LogP contribution in [0.3, 0.4) is 0 Å². The molecule has 0 fully saturated rings. The molecular weight excluding hydrogens is 388 g/mol. The predicted molar refractivity (Wildman–Crippen MR) is 117 cm³/mol. The van der Waals surface area contributed by atoms with Gasteiger partial charge in [-0.25, -0.2) is 13.2 Å². The van der Waals surface area contributed by atoms with Crippen molar-refractivity contribution in [1.82, 2.24) is 0 Å². The van der Waals surface area contributed by atoms with E-state index < -0.39 is 16.0 Å². The number of anilines is 2. The van der Waals surface area contributed by atoms with Gasteiger partial charge in [-0.1, -0.05) is 50.2 Å². The largest absolute Gasteiger partial charge is 0.478 e. The highest BCUT2D eigenvalue weighted by atomic mass is 32.2. The third-order valence-electron chi connectivity index (χ3n) is 4.82. The first-order chi connectivity index (χ1) is 13.6. The van der Waals surface area contributed by atoms with E-state index in [1.165, 1.54) is 12.1 Å². The molecule has 2 N–H and O–H groups in total. The Hall–Kier alpha value is -3.06. The molecule has 6 nitrogen and oxygen atoms in total. The van der Waals surface area contributed by atoms with E-state index in [2.05, 4.69) is 4.72 Å². The SMILES string of the molecule is CC(C)c1cccc(C(=O)O)c1NS(=O)(=O)c1cccc2c(N(C)C)cccc12. The van der Waals surface area contributed by atoms with Crippen LogP contribution in [0.2, 0.25) is 0 Å². The minimum atomic E-state index is -4.03. The lowest BCUT2D eigenvalue weighted by molar-refractivity contribution is 0.0698. The molecule has 0 heterocycles. The highest BCUT2D eigenvalue weighted by molar-refractivity contribution is 7.93. The topological polar surface area (TPSA) is 86.7 Å². The second kappa shape index (κ2) is 7.75. The molecule has 152 valence electrons. The number of hydrogen-bond acceptors (Lipinski definition) is 4. The quantitative estimate of drug-likeness (QED) is 0.621. The van der Waals surface area contributed by atoms with Crippen LogP contribution >= 0.6 is 0 Å². The molecule has 0 amide bonds. The van der Waals surface area contributed by atoms with Crippen molar-refractivity contribution in [1.29, 1.82) is 0 Å². The maximum absolute atomic E-state index is 13.3. The van der Waals surface area contributed by atoms with Crippen molar-refractivity contribution in [3.05, 3.63) is 65.7 Å². The first-order valence-electron chi connectivity index (χ1n) is 9.21. The molecule has 0 aliphatic carbocycles. The summed E-state index contributed by atoms with van der Waals surface area (Å²) >= 11 is 0. The molecule has 7 heteroatoms. The highest BCUT2D eigenvalue weighted by Crippen LogP contribution is 2.34. The summed E-state index contributed by atoms with van der Waals surface area (Å²) in [5, 5.41) is 10.9. The average molecular weight is 413 g/mol. The number of carbonyl (C=O) groups is 1. The number of benzene rings is 3. The monoisotopic (exact) mass is 412 g/mol. The second-order valence-electron chi connectivity index (χ2n) is 7.36. The lowest BCUT2D eigenvalue weighted by atomic mass is 9.98.